The lowest BCUT2D eigenvalue weighted by Crippen LogP contribution is -2.09. The van der Waals surface area contributed by atoms with Gasteiger partial charge in [0.1, 0.15) is 19.0 Å². The second-order valence-electron chi connectivity index (χ2n) is 3.97. The molecule has 6 heteroatoms. The van der Waals surface area contributed by atoms with E-state index in [1.807, 2.05) is 12.1 Å². The van der Waals surface area contributed by atoms with E-state index in [-0.39, 0.29) is 0 Å². The van der Waals surface area contributed by atoms with Crippen LogP contribution in [-0.4, -0.2) is 13.2 Å². The van der Waals surface area contributed by atoms with Crippen LogP contribution in [0.4, 0.5) is 5.69 Å². The number of halogens is 3. The quantitative estimate of drug-likeness (QED) is 0.638. The topological polar surface area (TPSA) is 44.5 Å². The van der Waals surface area contributed by atoms with Crippen LogP contribution < -0.4 is 15.2 Å². The average Bonchev–Trinajstić information content (AvgIpc) is 2.36. The van der Waals surface area contributed by atoms with E-state index in [2.05, 4.69) is 0 Å². The first-order valence-electron chi connectivity index (χ1n) is 5.82. The second-order valence-corrected chi connectivity index (χ2v) is 5.22. The zero-order valence-electron chi connectivity index (χ0n) is 10.4. The van der Waals surface area contributed by atoms with Gasteiger partial charge in [-0.1, -0.05) is 40.9 Å². The molecule has 0 spiro atoms. The van der Waals surface area contributed by atoms with Gasteiger partial charge in [0, 0.05) is 16.8 Å². The predicted molar refractivity (Wildman–Crippen MR) is 83.3 cm³/mol. The van der Waals surface area contributed by atoms with Gasteiger partial charge < -0.3 is 15.2 Å². The van der Waals surface area contributed by atoms with Gasteiger partial charge in [0.05, 0.1) is 10.0 Å². The molecule has 2 rings (SSSR count). The van der Waals surface area contributed by atoms with Crippen LogP contribution in [0, 0.1) is 0 Å². The molecule has 0 atom stereocenters. The molecule has 106 valence electrons. The smallest absolute Gasteiger partial charge is 0.156 e. The highest BCUT2D eigenvalue weighted by Gasteiger charge is 2.09. The van der Waals surface area contributed by atoms with E-state index >= 15 is 0 Å². The number of rotatable bonds is 5. The standard InChI is InChI=1S/C14H12Cl3NO2/c15-9-6-12(16)14(13(17)7-9)20-5-4-19-11-3-1-2-10(18)8-11/h1-3,6-8H,4-5,18H2. The third-order valence-electron chi connectivity index (χ3n) is 2.42. The molecule has 0 aliphatic carbocycles. The van der Waals surface area contributed by atoms with Gasteiger partial charge in [0.25, 0.3) is 0 Å². The summed E-state index contributed by atoms with van der Waals surface area (Å²) < 4.78 is 11.0. The fourth-order valence-electron chi connectivity index (χ4n) is 1.57. The lowest BCUT2D eigenvalue weighted by molar-refractivity contribution is 0.217. The highest BCUT2D eigenvalue weighted by Crippen LogP contribution is 2.35. The first kappa shape index (κ1) is 15.1. The van der Waals surface area contributed by atoms with E-state index < -0.39 is 0 Å². The second kappa shape index (κ2) is 6.93. The molecule has 0 fully saturated rings. The van der Waals surface area contributed by atoms with Crippen molar-refractivity contribution in [1.82, 2.24) is 0 Å². The molecule has 0 amide bonds. The minimum atomic E-state index is 0.301. The summed E-state index contributed by atoms with van der Waals surface area (Å²) in [4.78, 5) is 0. The van der Waals surface area contributed by atoms with Crippen molar-refractivity contribution in [3.05, 3.63) is 51.5 Å². The van der Waals surface area contributed by atoms with Crippen molar-refractivity contribution in [3.8, 4) is 11.5 Å². The molecule has 0 heterocycles. The largest absolute Gasteiger partial charge is 0.490 e. The van der Waals surface area contributed by atoms with Gasteiger partial charge in [-0.3, -0.25) is 0 Å². The summed E-state index contributed by atoms with van der Waals surface area (Å²) in [5.41, 5.74) is 6.29. The van der Waals surface area contributed by atoms with E-state index in [1.54, 1.807) is 24.3 Å². The van der Waals surface area contributed by atoms with Crippen molar-refractivity contribution >= 4 is 40.5 Å². The zero-order chi connectivity index (χ0) is 14.5. The maximum atomic E-state index is 6.00. The molecule has 3 nitrogen and oxygen atoms in total. The Hall–Kier alpha value is -1.29. The highest BCUT2D eigenvalue weighted by atomic mass is 35.5. The van der Waals surface area contributed by atoms with Crippen molar-refractivity contribution in [2.24, 2.45) is 0 Å². The number of hydrogen-bond acceptors (Lipinski definition) is 3. The van der Waals surface area contributed by atoms with Gasteiger partial charge in [-0.2, -0.15) is 0 Å². The van der Waals surface area contributed by atoms with Crippen LogP contribution >= 0.6 is 34.8 Å². The molecule has 0 unspecified atom stereocenters. The molecule has 0 radical (unpaired) electrons. The maximum absolute atomic E-state index is 6.00. The Morgan fingerprint density at radius 3 is 2.20 bits per heavy atom. The Morgan fingerprint density at radius 1 is 0.900 bits per heavy atom. The van der Waals surface area contributed by atoms with Gasteiger partial charge in [0.2, 0.25) is 0 Å². The van der Waals surface area contributed by atoms with Crippen molar-refractivity contribution < 1.29 is 9.47 Å². The van der Waals surface area contributed by atoms with Crippen LogP contribution in [0.5, 0.6) is 11.5 Å². The maximum Gasteiger partial charge on any atom is 0.156 e. The van der Waals surface area contributed by atoms with Crippen LogP contribution in [0.1, 0.15) is 0 Å². The van der Waals surface area contributed by atoms with Gasteiger partial charge >= 0.3 is 0 Å². The molecule has 2 aromatic carbocycles. The number of benzene rings is 2. The van der Waals surface area contributed by atoms with Crippen LogP contribution in [0.15, 0.2) is 36.4 Å². The Bertz CT molecular complexity index is 582. The highest BCUT2D eigenvalue weighted by molar-refractivity contribution is 6.40. The summed E-state index contributed by atoms with van der Waals surface area (Å²) in [6.07, 6.45) is 0. The molecule has 0 aromatic heterocycles. The summed E-state index contributed by atoms with van der Waals surface area (Å²) in [7, 11) is 0. The predicted octanol–water partition coefficient (Wildman–Crippen LogP) is 4.69. The van der Waals surface area contributed by atoms with E-state index in [0.29, 0.717) is 45.5 Å². The number of nitrogen functional groups attached to an aromatic ring is 1. The van der Waals surface area contributed by atoms with Gasteiger partial charge in [-0.25, -0.2) is 0 Å². The molecule has 2 N–H and O–H groups in total. The summed E-state index contributed by atoms with van der Waals surface area (Å²) in [5, 5.41) is 1.20. The lowest BCUT2D eigenvalue weighted by atomic mass is 10.3. The molecular formula is C14H12Cl3NO2. The lowest BCUT2D eigenvalue weighted by Gasteiger charge is -2.11. The fraction of sp³-hybridized carbons (Fsp3) is 0.143. The van der Waals surface area contributed by atoms with Gasteiger partial charge in [-0.05, 0) is 24.3 Å². The summed E-state index contributed by atoms with van der Waals surface area (Å²) >= 11 is 17.8. The minimum absolute atomic E-state index is 0.301. The SMILES string of the molecule is Nc1cccc(OCCOc2c(Cl)cc(Cl)cc2Cl)c1. The van der Waals surface area contributed by atoms with E-state index in [0.717, 1.165) is 0 Å². The number of ether oxygens (including phenoxy) is 2. The molecule has 0 saturated heterocycles. The zero-order valence-corrected chi connectivity index (χ0v) is 12.7. The molecular weight excluding hydrogens is 321 g/mol. The Kier molecular flexibility index (Phi) is 5.24. The number of nitrogens with two attached hydrogens (primary N) is 1. The first-order chi connectivity index (χ1) is 9.56. The van der Waals surface area contributed by atoms with E-state index in [9.17, 15) is 0 Å². The molecule has 0 aliphatic heterocycles. The van der Waals surface area contributed by atoms with Crippen LogP contribution in [0.3, 0.4) is 0 Å². The monoisotopic (exact) mass is 331 g/mol. The summed E-state index contributed by atoms with van der Waals surface area (Å²) in [6.45, 7) is 0.647. The van der Waals surface area contributed by atoms with E-state index in [1.165, 1.54) is 0 Å². The average molecular weight is 333 g/mol. The van der Waals surface area contributed by atoms with Crippen molar-refractivity contribution in [1.29, 1.82) is 0 Å². The van der Waals surface area contributed by atoms with Gasteiger partial charge in [0.15, 0.2) is 5.75 Å². The Morgan fingerprint density at radius 2 is 1.55 bits per heavy atom. The first-order valence-corrected chi connectivity index (χ1v) is 6.95. The van der Waals surface area contributed by atoms with Gasteiger partial charge in [-0.15, -0.1) is 0 Å². The van der Waals surface area contributed by atoms with Crippen molar-refractivity contribution in [2.45, 2.75) is 0 Å². The third-order valence-corrected chi connectivity index (χ3v) is 3.20. The fourth-order valence-corrected chi connectivity index (χ4v) is 2.50. The number of anilines is 1. The summed E-state index contributed by atoms with van der Waals surface area (Å²) in [5.74, 6) is 1.08. The number of hydrogen-bond donors (Lipinski definition) is 1. The Balaban J connectivity index is 1.88. The van der Waals surface area contributed by atoms with Crippen molar-refractivity contribution in [3.63, 3.8) is 0 Å². The van der Waals surface area contributed by atoms with Crippen molar-refractivity contribution in [2.75, 3.05) is 18.9 Å². The molecule has 20 heavy (non-hydrogen) atoms. The van der Waals surface area contributed by atoms with E-state index in [4.69, 9.17) is 50.0 Å². The van der Waals surface area contributed by atoms with Crippen LogP contribution in [-0.2, 0) is 0 Å². The molecule has 0 saturated carbocycles. The molecule has 2 aromatic rings. The molecule has 0 aliphatic rings. The molecule has 0 bridgehead atoms. The van der Waals surface area contributed by atoms with Crippen LogP contribution in [0.25, 0.3) is 0 Å². The Labute approximate surface area is 132 Å². The minimum Gasteiger partial charge on any atom is -0.490 e. The normalized spacial score (nSPS) is 10.3. The third kappa shape index (κ3) is 4.10. The summed E-state index contributed by atoms with van der Waals surface area (Å²) in [6, 6.07) is 10.3. The van der Waals surface area contributed by atoms with Crippen LogP contribution in [0.2, 0.25) is 15.1 Å².